The number of carbonyl (C=O) groups is 2. The topological polar surface area (TPSA) is 43.4 Å². The fourth-order valence-electron chi connectivity index (χ4n) is 0.596. The van der Waals surface area contributed by atoms with Gasteiger partial charge in [-0.15, -0.1) is 0 Å². The molecule has 0 heterocycles. The highest BCUT2D eigenvalue weighted by Gasteiger charge is 2.33. The first-order chi connectivity index (χ1) is 5.54. The third kappa shape index (κ3) is 4.62. The van der Waals surface area contributed by atoms with Gasteiger partial charge in [-0.1, -0.05) is 0 Å². The zero-order valence-corrected chi connectivity index (χ0v) is 9.17. The minimum Gasteiger partial charge on any atom is -0.450 e. The van der Waals surface area contributed by atoms with E-state index in [2.05, 4.69) is 0 Å². The Bertz CT molecular complexity index is 220. The van der Waals surface area contributed by atoms with Crippen LogP contribution in [0.2, 0.25) is 0 Å². The average Bonchev–Trinajstić information content (AvgIpc) is 1.79. The molecule has 4 nitrogen and oxygen atoms in total. The van der Waals surface area contributed by atoms with Crippen LogP contribution in [-0.2, 0) is 14.3 Å². The molecule has 13 heavy (non-hydrogen) atoms. The van der Waals surface area contributed by atoms with Gasteiger partial charge in [-0.05, 0) is 20.8 Å². The van der Waals surface area contributed by atoms with Gasteiger partial charge < -0.3 is 4.74 Å². The van der Waals surface area contributed by atoms with E-state index in [1.165, 1.54) is 0 Å². The predicted molar refractivity (Wildman–Crippen MR) is 48.9 cm³/mol. The van der Waals surface area contributed by atoms with Crippen LogP contribution in [0.4, 0.5) is 0 Å². The lowest BCUT2D eigenvalue weighted by Gasteiger charge is -2.23. The van der Waals surface area contributed by atoms with E-state index in [1.54, 1.807) is 41.9 Å². The fourth-order valence-corrected chi connectivity index (χ4v) is 0.596. The maximum atomic E-state index is 11.3. The number of likely N-dealkylation sites (N-methyl/N-ethyl adjacent to an activating group) is 1. The van der Waals surface area contributed by atoms with E-state index in [0.717, 1.165) is 0 Å². The Morgan fingerprint density at radius 1 is 1.08 bits per heavy atom. The molecule has 0 fully saturated rings. The molecule has 0 aromatic carbocycles. The summed E-state index contributed by atoms with van der Waals surface area (Å²) in [5.74, 6) is -1.32. The second kappa shape index (κ2) is 3.46. The van der Waals surface area contributed by atoms with Gasteiger partial charge in [0, 0.05) is 0 Å². The molecular weight excluding hydrogens is 170 g/mol. The van der Waals surface area contributed by atoms with Crippen molar-refractivity contribution in [2.24, 2.45) is 0 Å². The highest BCUT2D eigenvalue weighted by atomic mass is 16.6. The fraction of sp³-hybridized carbons (Fsp3) is 0.778. The highest BCUT2D eigenvalue weighted by Crippen LogP contribution is 2.08. The highest BCUT2D eigenvalue weighted by molar-refractivity contribution is 6.29. The first-order valence-electron chi connectivity index (χ1n) is 4.13. The molecule has 0 rings (SSSR count). The molecule has 4 heteroatoms. The van der Waals surface area contributed by atoms with Crippen LogP contribution in [0, 0.1) is 0 Å². The molecule has 0 radical (unpaired) electrons. The molecule has 0 spiro atoms. The summed E-state index contributed by atoms with van der Waals surface area (Å²) < 4.78 is 4.88. The number of esters is 1. The summed E-state index contributed by atoms with van der Waals surface area (Å²) in [6.07, 6.45) is 0. The third-order valence-electron chi connectivity index (χ3n) is 1.18. The number of quaternary nitrogens is 1. The molecule has 0 saturated carbocycles. The van der Waals surface area contributed by atoms with Crippen molar-refractivity contribution in [1.29, 1.82) is 0 Å². The van der Waals surface area contributed by atoms with Crippen molar-refractivity contribution in [3.05, 3.63) is 0 Å². The summed E-state index contributed by atoms with van der Waals surface area (Å²) in [6, 6.07) is 0. The molecular formula is C9H18NO3+. The molecule has 0 aliphatic heterocycles. The average molecular weight is 188 g/mol. The van der Waals surface area contributed by atoms with E-state index in [9.17, 15) is 9.59 Å². The van der Waals surface area contributed by atoms with Crippen LogP contribution in [0.15, 0.2) is 0 Å². The summed E-state index contributed by atoms with van der Waals surface area (Å²) in [7, 11) is 4.89. The van der Waals surface area contributed by atoms with Crippen molar-refractivity contribution in [2.45, 2.75) is 26.4 Å². The number of amides is 1. The van der Waals surface area contributed by atoms with Gasteiger partial charge in [0.25, 0.3) is 0 Å². The molecule has 0 saturated heterocycles. The Morgan fingerprint density at radius 2 is 1.46 bits per heavy atom. The van der Waals surface area contributed by atoms with Crippen LogP contribution in [0.5, 0.6) is 0 Å². The molecule has 76 valence electrons. The maximum absolute atomic E-state index is 11.3. The molecule has 0 unspecified atom stereocenters. The lowest BCUT2D eigenvalue weighted by atomic mass is 10.2. The number of nitrogens with zero attached hydrogens (tertiary/aromatic N) is 1. The van der Waals surface area contributed by atoms with Crippen molar-refractivity contribution < 1.29 is 18.8 Å². The molecule has 0 aromatic heterocycles. The molecule has 1 amide bonds. The first kappa shape index (κ1) is 12.1. The van der Waals surface area contributed by atoms with E-state index < -0.39 is 17.5 Å². The molecule has 0 aliphatic carbocycles. The third-order valence-corrected chi connectivity index (χ3v) is 1.18. The van der Waals surface area contributed by atoms with Gasteiger partial charge in [0.1, 0.15) is 5.60 Å². The number of ether oxygens (including phenoxy) is 1. The Hall–Kier alpha value is -0.900. The van der Waals surface area contributed by atoms with E-state index in [-0.39, 0.29) is 4.48 Å². The van der Waals surface area contributed by atoms with E-state index in [1.807, 2.05) is 0 Å². The minimum atomic E-state index is -0.778. The molecule has 0 N–H and O–H groups in total. The Labute approximate surface area is 79.1 Å². The van der Waals surface area contributed by atoms with Crippen LogP contribution in [0.1, 0.15) is 20.8 Å². The predicted octanol–water partition coefficient (Wildman–Crippen LogP) is 0.561. The molecule has 0 aliphatic rings. The van der Waals surface area contributed by atoms with Crippen LogP contribution in [-0.4, -0.2) is 43.1 Å². The van der Waals surface area contributed by atoms with Crippen LogP contribution >= 0.6 is 0 Å². The molecule has 0 atom stereocenters. The van der Waals surface area contributed by atoms with Crippen LogP contribution in [0.3, 0.4) is 0 Å². The van der Waals surface area contributed by atoms with Crippen LogP contribution < -0.4 is 0 Å². The molecule has 0 bridgehead atoms. The minimum absolute atomic E-state index is 0.0467. The van der Waals surface area contributed by atoms with Crippen LogP contribution in [0.25, 0.3) is 0 Å². The Morgan fingerprint density at radius 3 is 1.69 bits per heavy atom. The van der Waals surface area contributed by atoms with Gasteiger partial charge in [-0.25, -0.2) is 9.59 Å². The Balaban J connectivity index is 4.40. The summed E-state index contributed by atoms with van der Waals surface area (Å²) in [5, 5.41) is 0. The monoisotopic (exact) mass is 188 g/mol. The number of carbonyl (C=O) groups excluding carboxylic acids is 2. The van der Waals surface area contributed by atoms with E-state index in [0.29, 0.717) is 0 Å². The first-order valence-corrected chi connectivity index (χ1v) is 4.13. The lowest BCUT2D eigenvalue weighted by molar-refractivity contribution is -0.788. The van der Waals surface area contributed by atoms with Gasteiger partial charge in [0.2, 0.25) is 0 Å². The van der Waals surface area contributed by atoms with E-state index >= 15 is 0 Å². The van der Waals surface area contributed by atoms with Gasteiger partial charge in [-0.2, -0.15) is 0 Å². The lowest BCUT2D eigenvalue weighted by Crippen LogP contribution is -2.47. The second-order valence-corrected chi connectivity index (χ2v) is 4.82. The number of rotatable bonds is 0. The molecule has 0 aromatic rings. The normalized spacial score (nSPS) is 12.5. The van der Waals surface area contributed by atoms with Gasteiger partial charge in [-0.3, -0.25) is 4.48 Å². The van der Waals surface area contributed by atoms with Crippen molar-refractivity contribution in [1.82, 2.24) is 0 Å². The standard InChI is InChI=1S/C9H18NO3/c1-9(2,3)13-8(12)7(11)10(4,5)6/h1-6H3/q+1. The number of hydrogen-bond acceptors (Lipinski definition) is 3. The summed E-state index contributed by atoms with van der Waals surface area (Å²) in [5.41, 5.74) is -0.609. The van der Waals surface area contributed by atoms with Crippen molar-refractivity contribution in [3.63, 3.8) is 0 Å². The van der Waals surface area contributed by atoms with Gasteiger partial charge >= 0.3 is 11.9 Å². The van der Waals surface area contributed by atoms with Gasteiger partial charge in [0.15, 0.2) is 0 Å². The maximum Gasteiger partial charge on any atom is 0.437 e. The number of hydrogen-bond donors (Lipinski definition) is 0. The summed E-state index contributed by atoms with van der Waals surface area (Å²) >= 11 is 0. The SMILES string of the molecule is CC(C)(C)OC(=O)C(=O)[N+](C)(C)C. The quantitative estimate of drug-likeness (QED) is 0.317. The zero-order valence-electron chi connectivity index (χ0n) is 9.17. The smallest absolute Gasteiger partial charge is 0.437 e. The zero-order chi connectivity index (χ0) is 10.9. The summed E-state index contributed by atoms with van der Waals surface area (Å²) in [6.45, 7) is 5.19. The van der Waals surface area contributed by atoms with Gasteiger partial charge in [0.05, 0.1) is 21.1 Å². The van der Waals surface area contributed by atoms with Crippen molar-refractivity contribution in [3.8, 4) is 0 Å². The Kier molecular flexibility index (Phi) is 3.22. The van der Waals surface area contributed by atoms with Crippen molar-refractivity contribution in [2.75, 3.05) is 21.1 Å². The summed E-state index contributed by atoms with van der Waals surface area (Å²) in [4.78, 5) is 22.6. The largest absolute Gasteiger partial charge is 0.450 e. The van der Waals surface area contributed by atoms with Crippen molar-refractivity contribution >= 4 is 11.9 Å². The van der Waals surface area contributed by atoms with E-state index in [4.69, 9.17) is 4.74 Å². The second-order valence-electron chi connectivity index (χ2n) is 4.82.